The fraction of sp³-hybridized carbons (Fsp3) is 0.261. The first kappa shape index (κ1) is 22.8. The Labute approximate surface area is 183 Å². The number of nitrogens with two attached hydrogens (primary N) is 1. The molecule has 0 bridgehead atoms. The van der Waals surface area contributed by atoms with Crippen LogP contribution in [0.25, 0.3) is 0 Å². The summed E-state index contributed by atoms with van der Waals surface area (Å²) in [5.74, 6) is -1.99. The van der Waals surface area contributed by atoms with Crippen molar-refractivity contribution in [2.24, 2.45) is 5.73 Å². The van der Waals surface area contributed by atoms with Gasteiger partial charge in [-0.15, -0.1) is 0 Å². The fourth-order valence-corrected chi connectivity index (χ4v) is 3.51. The molecular formula is C23H24FN3O5. The Morgan fingerprint density at radius 1 is 1.09 bits per heavy atom. The molecule has 2 aromatic carbocycles. The molecule has 8 nitrogen and oxygen atoms in total. The minimum Gasteiger partial charge on any atom is -0.488 e. The molecule has 168 valence electrons. The van der Waals surface area contributed by atoms with E-state index in [0.717, 1.165) is 0 Å². The van der Waals surface area contributed by atoms with Gasteiger partial charge in [-0.3, -0.25) is 19.5 Å². The predicted octanol–water partition coefficient (Wildman–Crippen LogP) is 2.53. The Morgan fingerprint density at radius 2 is 1.81 bits per heavy atom. The van der Waals surface area contributed by atoms with Gasteiger partial charge < -0.3 is 20.3 Å². The number of amides is 1. The smallest absolute Gasteiger partial charge is 0.311 e. The van der Waals surface area contributed by atoms with Gasteiger partial charge in [0.15, 0.2) is 0 Å². The minimum absolute atomic E-state index is 0.0494. The van der Waals surface area contributed by atoms with Crippen molar-refractivity contribution in [3.63, 3.8) is 0 Å². The number of primary amides is 1. The lowest BCUT2D eigenvalue weighted by atomic mass is 9.87. The Kier molecular flexibility index (Phi) is 7.43. The van der Waals surface area contributed by atoms with Crippen LogP contribution in [0.4, 0.5) is 4.39 Å². The van der Waals surface area contributed by atoms with Gasteiger partial charge in [0.2, 0.25) is 5.91 Å². The van der Waals surface area contributed by atoms with Crippen LogP contribution >= 0.6 is 0 Å². The summed E-state index contributed by atoms with van der Waals surface area (Å²) < 4.78 is 24.8. The van der Waals surface area contributed by atoms with Gasteiger partial charge in [0, 0.05) is 29.0 Å². The topological polar surface area (TPSA) is 127 Å². The highest BCUT2D eigenvalue weighted by atomic mass is 19.1. The van der Waals surface area contributed by atoms with Crippen LogP contribution < -0.4 is 16.0 Å². The van der Waals surface area contributed by atoms with E-state index in [4.69, 9.17) is 15.2 Å². The quantitative estimate of drug-likeness (QED) is 0.417. The number of carbonyl (C=O) groups excluding carboxylic acids is 2. The average Bonchev–Trinajstić information content (AvgIpc) is 3.11. The number of hydrogen-bond acceptors (Lipinski definition) is 5. The summed E-state index contributed by atoms with van der Waals surface area (Å²) in [6.07, 6.45) is -0.383. The summed E-state index contributed by atoms with van der Waals surface area (Å²) in [7, 11) is 0. The molecule has 9 heteroatoms. The summed E-state index contributed by atoms with van der Waals surface area (Å²) in [5, 5.41) is 5.15. The predicted molar refractivity (Wildman–Crippen MR) is 115 cm³/mol. The second-order valence-corrected chi connectivity index (χ2v) is 7.09. The first-order valence-corrected chi connectivity index (χ1v) is 10.1. The average molecular weight is 441 g/mol. The SMILES string of the molecule is CCOC(=O)Cc1[nH][nH]c(=O)c1[C@H](CC(N)=O)c1ccccc1OCc1ccccc1F. The van der Waals surface area contributed by atoms with Gasteiger partial charge >= 0.3 is 5.97 Å². The van der Waals surface area contributed by atoms with Crippen LogP contribution in [-0.4, -0.2) is 28.7 Å². The summed E-state index contributed by atoms with van der Waals surface area (Å²) >= 11 is 0. The van der Waals surface area contributed by atoms with E-state index in [0.29, 0.717) is 22.6 Å². The molecule has 0 aliphatic heterocycles. The number of benzene rings is 2. The number of aromatic amines is 2. The third kappa shape index (κ3) is 5.42. The Balaban J connectivity index is 1.99. The van der Waals surface area contributed by atoms with Gasteiger partial charge in [-0.25, -0.2) is 4.39 Å². The summed E-state index contributed by atoms with van der Waals surface area (Å²) in [6.45, 7) is 1.82. The number of ether oxygens (including phenoxy) is 2. The molecule has 1 atom stereocenters. The second kappa shape index (κ2) is 10.4. The third-order valence-corrected chi connectivity index (χ3v) is 4.91. The molecule has 0 radical (unpaired) electrons. The zero-order valence-electron chi connectivity index (χ0n) is 17.5. The van der Waals surface area contributed by atoms with E-state index < -0.39 is 29.2 Å². The molecule has 1 aromatic heterocycles. The molecule has 0 aliphatic carbocycles. The van der Waals surface area contributed by atoms with Crippen molar-refractivity contribution >= 4 is 11.9 Å². The van der Waals surface area contributed by atoms with E-state index in [1.165, 1.54) is 6.07 Å². The third-order valence-electron chi connectivity index (χ3n) is 4.91. The molecule has 0 unspecified atom stereocenters. The molecule has 0 aliphatic rings. The molecule has 1 amide bonds. The molecule has 4 N–H and O–H groups in total. The van der Waals surface area contributed by atoms with Gasteiger partial charge in [0.25, 0.3) is 5.56 Å². The standard InChI is InChI=1S/C23H24FN3O5/c1-2-31-21(29)12-18-22(23(30)27-26-18)16(11-20(25)28)15-8-4-6-10-19(15)32-13-14-7-3-5-9-17(14)24/h3-10,16H,2,11-13H2,1H3,(H2,25,28)(H2,26,27,30)/t16-/m1/s1. The van der Waals surface area contributed by atoms with Crippen LogP contribution in [0, 0.1) is 5.82 Å². The highest BCUT2D eigenvalue weighted by Gasteiger charge is 2.28. The van der Waals surface area contributed by atoms with E-state index in [2.05, 4.69) is 10.2 Å². The maximum atomic E-state index is 14.0. The van der Waals surface area contributed by atoms with Crippen molar-refractivity contribution < 1.29 is 23.5 Å². The normalized spacial score (nSPS) is 11.7. The number of aromatic nitrogens is 2. The van der Waals surface area contributed by atoms with Crippen molar-refractivity contribution in [3.8, 4) is 5.75 Å². The molecule has 0 saturated carbocycles. The van der Waals surface area contributed by atoms with Crippen molar-refractivity contribution in [3.05, 3.63) is 87.1 Å². The molecule has 3 rings (SSSR count). The van der Waals surface area contributed by atoms with Crippen molar-refractivity contribution in [2.45, 2.75) is 32.3 Å². The largest absolute Gasteiger partial charge is 0.488 e. The van der Waals surface area contributed by atoms with Crippen molar-refractivity contribution in [2.75, 3.05) is 6.61 Å². The van der Waals surface area contributed by atoms with E-state index in [1.54, 1.807) is 49.4 Å². The number of nitrogens with one attached hydrogen (secondary N) is 2. The molecule has 32 heavy (non-hydrogen) atoms. The summed E-state index contributed by atoms with van der Waals surface area (Å²) in [5.41, 5.74) is 6.35. The van der Waals surface area contributed by atoms with E-state index in [-0.39, 0.29) is 31.6 Å². The maximum Gasteiger partial charge on any atom is 0.311 e. The molecular weight excluding hydrogens is 417 g/mol. The second-order valence-electron chi connectivity index (χ2n) is 7.09. The van der Waals surface area contributed by atoms with Gasteiger partial charge in [0.1, 0.15) is 18.2 Å². The molecule has 0 fully saturated rings. The molecule has 3 aromatic rings. The molecule has 1 heterocycles. The zero-order chi connectivity index (χ0) is 23.1. The van der Waals surface area contributed by atoms with Crippen LogP contribution in [0.3, 0.4) is 0 Å². The van der Waals surface area contributed by atoms with E-state index in [1.807, 2.05) is 0 Å². The Morgan fingerprint density at radius 3 is 2.53 bits per heavy atom. The van der Waals surface area contributed by atoms with Crippen LogP contribution in [-0.2, 0) is 27.4 Å². The van der Waals surface area contributed by atoms with E-state index in [9.17, 15) is 18.8 Å². The first-order valence-electron chi connectivity index (χ1n) is 10.1. The zero-order valence-corrected chi connectivity index (χ0v) is 17.5. The number of H-pyrrole nitrogens is 2. The van der Waals surface area contributed by atoms with Crippen LogP contribution in [0.2, 0.25) is 0 Å². The summed E-state index contributed by atoms with van der Waals surface area (Å²) in [6, 6.07) is 13.0. The van der Waals surface area contributed by atoms with Crippen molar-refractivity contribution in [1.29, 1.82) is 0 Å². The lowest BCUT2D eigenvalue weighted by Crippen LogP contribution is -2.22. The first-order chi connectivity index (χ1) is 15.4. The number of halogens is 1. The van der Waals surface area contributed by atoms with Crippen molar-refractivity contribution in [1.82, 2.24) is 10.2 Å². The maximum absolute atomic E-state index is 14.0. The molecule has 0 spiro atoms. The van der Waals surface area contributed by atoms with Gasteiger partial charge in [-0.05, 0) is 19.1 Å². The Hall–Kier alpha value is -3.88. The number of esters is 1. The summed E-state index contributed by atoms with van der Waals surface area (Å²) in [4.78, 5) is 36.5. The van der Waals surface area contributed by atoms with Crippen LogP contribution in [0.1, 0.15) is 41.6 Å². The minimum atomic E-state index is -0.788. The fourth-order valence-electron chi connectivity index (χ4n) is 3.51. The number of hydrogen-bond donors (Lipinski definition) is 3. The monoisotopic (exact) mass is 441 g/mol. The lowest BCUT2D eigenvalue weighted by Gasteiger charge is -2.19. The number of carbonyl (C=O) groups is 2. The number of rotatable bonds is 10. The van der Waals surface area contributed by atoms with Gasteiger partial charge in [0.05, 0.1) is 18.7 Å². The highest BCUT2D eigenvalue weighted by molar-refractivity contribution is 5.76. The van der Waals surface area contributed by atoms with Gasteiger partial charge in [-0.2, -0.15) is 0 Å². The number of para-hydroxylation sites is 1. The van der Waals surface area contributed by atoms with Gasteiger partial charge in [-0.1, -0.05) is 36.4 Å². The lowest BCUT2D eigenvalue weighted by molar-refractivity contribution is -0.142. The van der Waals surface area contributed by atoms with Crippen LogP contribution in [0.5, 0.6) is 5.75 Å². The van der Waals surface area contributed by atoms with Crippen LogP contribution in [0.15, 0.2) is 53.3 Å². The van der Waals surface area contributed by atoms with E-state index >= 15 is 0 Å². The highest BCUT2D eigenvalue weighted by Crippen LogP contribution is 2.34. The molecule has 0 saturated heterocycles. The Bertz CT molecular complexity index is 1150.